The van der Waals surface area contributed by atoms with E-state index in [0.717, 1.165) is 10.9 Å². The molecule has 1 rings (SSSR count). The first kappa shape index (κ1) is 12.2. The van der Waals surface area contributed by atoms with Gasteiger partial charge in [-0.05, 0) is 46.5 Å². The highest BCUT2D eigenvalue weighted by Crippen LogP contribution is 2.26. The van der Waals surface area contributed by atoms with E-state index in [-0.39, 0.29) is 5.97 Å². The van der Waals surface area contributed by atoms with Crippen LogP contribution in [0.3, 0.4) is 0 Å². The lowest BCUT2D eigenvalue weighted by molar-refractivity contribution is -0.131. The summed E-state index contributed by atoms with van der Waals surface area (Å²) in [6.07, 6.45) is 3.43. The van der Waals surface area contributed by atoms with Crippen LogP contribution in [0.15, 0.2) is 22.7 Å². The van der Waals surface area contributed by atoms with Crippen molar-refractivity contribution in [3.8, 4) is 5.75 Å². The van der Waals surface area contributed by atoms with Crippen molar-refractivity contribution >= 4 is 21.9 Å². The van der Waals surface area contributed by atoms with Crippen molar-refractivity contribution in [1.82, 2.24) is 0 Å². The second kappa shape index (κ2) is 5.91. The Morgan fingerprint density at radius 1 is 1.47 bits per heavy atom. The largest absolute Gasteiger partial charge is 0.426 e. The molecule has 0 atom stereocenters. The zero-order valence-corrected chi connectivity index (χ0v) is 10.6. The standard InChI is InChI=1S/C12H15BrO2/c1-3-4-5-10-6-7-12(11(13)8-10)15-9(2)14/h6-8H,3-5H2,1-2H3. The second-order valence-corrected chi connectivity index (χ2v) is 4.32. The van der Waals surface area contributed by atoms with E-state index in [1.165, 1.54) is 25.3 Å². The third-order valence-electron chi connectivity index (χ3n) is 2.07. The summed E-state index contributed by atoms with van der Waals surface area (Å²) in [5.74, 6) is 0.291. The molecule has 0 aliphatic heterocycles. The van der Waals surface area contributed by atoms with Gasteiger partial charge in [-0.2, -0.15) is 0 Å². The third-order valence-corrected chi connectivity index (χ3v) is 2.69. The lowest BCUT2D eigenvalue weighted by Gasteiger charge is -2.06. The van der Waals surface area contributed by atoms with Crippen LogP contribution in [0.25, 0.3) is 0 Å². The predicted octanol–water partition coefficient (Wildman–Crippen LogP) is 3.72. The number of benzene rings is 1. The van der Waals surface area contributed by atoms with Crippen LogP contribution in [-0.4, -0.2) is 5.97 Å². The summed E-state index contributed by atoms with van der Waals surface area (Å²) < 4.78 is 5.86. The van der Waals surface area contributed by atoms with Gasteiger partial charge in [0.2, 0.25) is 0 Å². The first-order chi connectivity index (χ1) is 7.13. The van der Waals surface area contributed by atoms with Crippen LogP contribution < -0.4 is 4.74 Å². The molecule has 0 amide bonds. The molecule has 0 aliphatic rings. The van der Waals surface area contributed by atoms with Gasteiger partial charge in [-0.1, -0.05) is 19.4 Å². The van der Waals surface area contributed by atoms with Gasteiger partial charge >= 0.3 is 5.97 Å². The minimum absolute atomic E-state index is 0.294. The third kappa shape index (κ3) is 4.04. The van der Waals surface area contributed by atoms with Gasteiger partial charge in [-0.25, -0.2) is 0 Å². The molecule has 0 spiro atoms. The van der Waals surface area contributed by atoms with Crippen molar-refractivity contribution in [3.63, 3.8) is 0 Å². The minimum atomic E-state index is -0.294. The van der Waals surface area contributed by atoms with Crippen molar-refractivity contribution < 1.29 is 9.53 Å². The lowest BCUT2D eigenvalue weighted by Crippen LogP contribution is -2.02. The molecule has 2 nitrogen and oxygen atoms in total. The summed E-state index contributed by atoms with van der Waals surface area (Å²) in [5.41, 5.74) is 1.26. The topological polar surface area (TPSA) is 26.3 Å². The molecule has 0 bridgehead atoms. The number of halogens is 1. The van der Waals surface area contributed by atoms with E-state index in [4.69, 9.17) is 4.74 Å². The van der Waals surface area contributed by atoms with Crippen molar-refractivity contribution in [2.24, 2.45) is 0 Å². The zero-order chi connectivity index (χ0) is 11.3. The minimum Gasteiger partial charge on any atom is -0.426 e. The maximum atomic E-state index is 10.8. The first-order valence-corrected chi connectivity index (χ1v) is 5.89. The van der Waals surface area contributed by atoms with E-state index in [9.17, 15) is 4.79 Å². The Bertz CT molecular complexity index is 347. The maximum Gasteiger partial charge on any atom is 0.308 e. The Morgan fingerprint density at radius 2 is 2.20 bits per heavy atom. The van der Waals surface area contributed by atoms with E-state index in [2.05, 4.69) is 22.9 Å². The van der Waals surface area contributed by atoms with Gasteiger partial charge in [0.25, 0.3) is 0 Å². The number of hydrogen-bond acceptors (Lipinski definition) is 2. The fourth-order valence-electron chi connectivity index (χ4n) is 1.32. The number of hydrogen-bond donors (Lipinski definition) is 0. The summed E-state index contributed by atoms with van der Waals surface area (Å²) in [4.78, 5) is 10.8. The number of unbranched alkanes of at least 4 members (excludes halogenated alkanes) is 1. The summed E-state index contributed by atoms with van der Waals surface area (Å²) >= 11 is 3.39. The summed E-state index contributed by atoms with van der Waals surface area (Å²) in [6, 6.07) is 5.84. The number of aryl methyl sites for hydroxylation is 1. The van der Waals surface area contributed by atoms with Gasteiger partial charge in [0.05, 0.1) is 4.47 Å². The van der Waals surface area contributed by atoms with Crippen molar-refractivity contribution in [2.45, 2.75) is 33.1 Å². The summed E-state index contributed by atoms with van der Waals surface area (Å²) in [6.45, 7) is 3.57. The van der Waals surface area contributed by atoms with Crippen LogP contribution in [0.1, 0.15) is 32.3 Å². The molecule has 3 heteroatoms. The Labute approximate surface area is 98.8 Å². The van der Waals surface area contributed by atoms with Gasteiger partial charge in [-0.15, -0.1) is 0 Å². The van der Waals surface area contributed by atoms with Crippen LogP contribution in [0.4, 0.5) is 0 Å². The molecule has 0 saturated heterocycles. The maximum absolute atomic E-state index is 10.8. The van der Waals surface area contributed by atoms with Gasteiger partial charge in [0, 0.05) is 6.92 Å². The Balaban J connectivity index is 2.74. The van der Waals surface area contributed by atoms with Crippen LogP contribution in [0, 0.1) is 0 Å². The molecule has 1 aromatic rings. The zero-order valence-electron chi connectivity index (χ0n) is 9.05. The van der Waals surface area contributed by atoms with Gasteiger partial charge in [0.15, 0.2) is 0 Å². The highest BCUT2D eigenvalue weighted by molar-refractivity contribution is 9.10. The second-order valence-electron chi connectivity index (χ2n) is 3.46. The SMILES string of the molecule is CCCCc1ccc(OC(C)=O)c(Br)c1. The highest BCUT2D eigenvalue weighted by atomic mass is 79.9. The number of carbonyl (C=O) groups is 1. The Morgan fingerprint density at radius 3 is 2.73 bits per heavy atom. The molecule has 0 aliphatic carbocycles. The normalized spacial score (nSPS) is 10.1. The summed E-state index contributed by atoms with van der Waals surface area (Å²) in [7, 11) is 0. The fraction of sp³-hybridized carbons (Fsp3) is 0.417. The lowest BCUT2D eigenvalue weighted by atomic mass is 10.1. The molecule has 1 aromatic carbocycles. The van der Waals surface area contributed by atoms with Crippen LogP contribution in [0.5, 0.6) is 5.75 Å². The van der Waals surface area contributed by atoms with Crippen LogP contribution in [-0.2, 0) is 11.2 Å². The monoisotopic (exact) mass is 270 g/mol. The van der Waals surface area contributed by atoms with Crippen LogP contribution >= 0.6 is 15.9 Å². The average molecular weight is 271 g/mol. The smallest absolute Gasteiger partial charge is 0.308 e. The van der Waals surface area contributed by atoms with Crippen molar-refractivity contribution in [1.29, 1.82) is 0 Å². The molecule has 82 valence electrons. The molecule has 0 fully saturated rings. The van der Waals surface area contributed by atoms with E-state index >= 15 is 0 Å². The average Bonchev–Trinajstić information content (AvgIpc) is 2.18. The van der Waals surface area contributed by atoms with Crippen molar-refractivity contribution in [2.75, 3.05) is 0 Å². The molecular formula is C12H15BrO2. The molecule has 0 unspecified atom stereocenters. The molecular weight excluding hydrogens is 256 g/mol. The quantitative estimate of drug-likeness (QED) is 0.616. The van der Waals surface area contributed by atoms with Crippen LogP contribution in [0.2, 0.25) is 0 Å². The highest BCUT2D eigenvalue weighted by Gasteiger charge is 2.04. The number of carbonyl (C=O) groups excluding carboxylic acids is 1. The molecule has 0 N–H and O–H groups in total. The first-order valence-electron chi connectivity index (χ1n) is 5.10. The molecule has 0 radical (unpaired) electrons. The van der Waals surface area contributed by atoms with Crippen molar-refractivity contribution in [3.05, 3.63) is 28.2 Å². The molecule has 0 aromatic heterocycles. The number of ether oxygens (including phenoxy) is 1. The molecule has 0 heterocycles. The predicted molar refractivity (Wildman–Crippen MR) is 64.1 cm³/mol. The van der Waals surface area contributed by atoms with Gasteiger partial charge in [0.1, 0.15) is 5.75 Å². The van der Waals surface area contributed by atoms with E-state index < -0.39 is 0 Å². The van der Waals surface area contributed by atoms with E-state index in [0.29, 0.717) is 5.75 Å². The Hall–Kier alpha value is -0.830. The number of rotatable bonds is 4. The van der Waals surface area contributed by atoms with E-state index in [1.807, 2.05) is 18.2 Å². The Kier molecular flexibility index (Phi) is 4.82. The van der Waals surface area contributed by atoms with Gasteiger partial charge in [-0.3, -0.25) is 4.79 Å². The summed E-state index contributed by atoms with van der Waals surface area (Å²) in [5, 5.41) is 0. The van der Waals surface area contributed by atoms with E-state index in [1.54, 1.807) is 0 Å². The fourth-order valence-corrected chi connectivity index (χ4v) is 1.83. The van der Waals surface area contributed by atoms with Gasteiger partial charge < -0.3 is 4.74 Å². The molecule has 0 saturated carbocycles. The molecule has 15 heavy (non-hydrogen) atoms. The number of esters is 1.